The molecule has 0 atom stereocenters. The number of ether oxygens (including phenoxy) is 1. The molecule has 2 aliphatic rings. The van der Waals surface area contributed by atoms with E-state index < -0.39 is 0 Å². The fourth-order valence-corrected chi connectivity index (χ4v) is 4.52. The topological polar surface area (TPSA) is 60.3 Å². The van der Waals surface area contributed by atoms with Crippen LogP contribution in [0.5, 0.6) is 5.75 Å². The number of carbonyl (C=O) groups excluding carboxylic acids is 2. The highest BCUT2D eigenvalue weighted by atomic mass is 16.5. The zero-order valence-electron chi connectivity index (χ0n) is 15.7. The van der Waals surface area contributed by atoms with Crippen LogP contribution in [0.4, 0.5) is 0 Å². The summed E-state index contributed by atoms with van der Waals surface area (Å²) in [4.78, 5) is 25.4. The normalized spacial score (nSPS) is 15.9. The van der Waals surface area contributed by atoms with Crippen LogP contribution in [0.25, 0.3) is 10.9 Å². The van der Waals surface area contributed by atoms with Crippen LogP contribution in [0, 0.1) is 0 Å². The molecule has 0 bridgehead atoms. The van der Waals surface area contributed by atoms with Crippen molar-refractivity contribution in [3.8, 4) is 5.75 Å². The fourth-order valence-electron chi connectivity index (χ4n) is 4.52. The second-order valence-electron chi connectivity index (χ2n) is 7.42. The van der Waals surface area contributed by atoms with Crippen LogP contribution >= 0.6 is 0 Å². The van der Waals surface area contributed by atoms with Crippen molar-refractivity contribution in [2.45, 2.75) is 25.8 Å². The Labute approximate surface area is 163 Å². The standard InChI is InChI=1S/C23H22N2O3/c26-19-9-8-15-4-3-7-21(22(15)19)28-14-20(27)23-16-5-1-2-6-17(16)25-13-12-24-11-10-18(23)25/h1-7,24H,8-14H2. The molecule has 5 heteroatoms. The third-order valence-corrected chi connectivity index (χ3v) is 5.78. The molecule has 0 saturated heterocycles. The van der Waals surface area contributed by atoms with Gasteiger partial charge in [0.05, 0.1) is 11.1 Å². The van der Waals surface area contributed by atoms with Crippen LogP contribution < -0.4 is 10.1 Å². The monoisotopic (exact) mass is 374 g/mol. The van der Waals surface area contributed by atoms with E-state index in [1.165, 1.54) is 0 Å². The molecule has 1 aliphatic carbocycles. The minimum atomic E-state index is -0.0574. The molecular formula is C23H22N2O3. The number of ketones is 2. The van der Waals surface area contributed by atoms with Gasteiger partial charge in [-0.2, -0.15) is 0 Å². The first-order valence-electron chi connectivity index (χ1n) is 9.86. The second-order valence-corrected chi connectivity index (χ2v) is 7.42. The van der Waals surface area contributed by atoms with Gasteiger partial charge in [0, 0.05) is 49.1 Å². The van der Waals surface area contributed by atoms with Gasteiger partial charge in [0.1, 0.15) is 5.75 Å². The lowest BCUT2D eigenvalue weighted by Crippen LogP contribution is -2.18. The number of hydrogen-bond acceptors (Lipinski definition) is 4. The number of aromatic nitrogens is 1. The van der Waals surface area contributed by atoms with Gasteiger partial charge >= 0.3 is 0 Å². The summed E-state index contributed by atoms with van der Waals surface area (Å²) in [7, 11) is 0. The van der Waals surface area contributed by atoms with Crippen LogP contribution in [0.1, 0.15) is 38.4 Å². The number of Topliss-reactive ketones (excluding diaryl/α,β-unsaturated/α-hetero) is 2. The summed E-state index contributed by atoms with van der Waals surface area (Å²) in [6.45, 7) is 2.55. The molecule has 142 valence electrons. The smallest absolute Gasteiger partial charge is 0.202 e. The van der Waals surface area contributed by atoms with Crippen molar-refractivity contribution in [3.05, 3.63) is 64.8 Å². The van der Waals surface area contributed by atoms with E-state index in [0.29, 0.717) is 17.7 Å². The Balaban J connectivity index is 1.49. The Morgan fingerprint density at radius 1 is 1.04 bits per heavy atom. The average Bonchev–Trinajstić information content (AvgIpc) is 3.14. The SMILES string of the molecule is O=C1CCc2cccc(OCC(=O)c3c4n(c5ccccc35)CCNCC4)c21. The van der Waals surface area contributed by atoms with Crippen molar-refractivity contribution in [1.29, 1.82) is 0 Å². The number of aryl methyl sites for hydroxylation is 1. The summed E-state index contributed by atoms with van der Waals surface area (Å²) >= 11 is 0. The molecule has 2 aromatic carbocycles. The molecular weight excluding hydrogens is 352 g/mol. The number of nitrogens with zero attached hydrogens (tertiary/aromatic N) is 1. The van der Waals surface area contributed by atoms with Gasteiger partial charge in [-0.05, 0) is 24.1 Å². The molecule has 1 aliphatic heterocycles. The Hall–Kier alpha value is -2.92. The molecule has 3 aromatic rings. The molecule has 1 N–H and O–H groups in total. The molecule has 0 amide bonds. The Morgan fingerprint density at radius 3 is 2.86 bits per heavy atom. The Kier molecular flexibility index (Phi) is 4.24. The lowest BCUT2D eigenvalue weighted by atomic mass is 10.0. The average molecular weight is 374 g/mol. The number of carbonyl (C=O) groups is 2. The summed E-state index contributed by atoms with van der Waals surface area (Å²) in [6, 6.07) is 13.7. The fraction of sp³-hybridized carbons (Fsp3) is 0.304. The number of nitrogens with one attached hydrogen (secondary N) is 1. The maximum atomic E-state index is 13.2. The van der Waals surface area contributed by atoms with Gasteiger partial charge in [-0.1, -0.05) is 30.3 Å². The van der Waals surface area contributed by atoms with Gasteiger partial charge in [-0.25, -0.2) is 0 Å². The van der Waals surface area contributed by atoms with E-state index in [9.17, 15) is 9.59 Å². The molecule has 2 heterocycles. The van der Waals surface area contributed by atoms with Crippen molar-refractivity contribution in [3.63, 3.8) is 0 Å². The van der Waals surface area contributed by atoms with Crippen LogP contribution in [0.2, 0.25) is 0 Å². The summed E-state index contributed by atoms with van der Waals surface area (Å²) in [5.74, 6) is 0.604. The predicted octanol–water partition coefficient (Wildman–Crippen LogP) is 3.18. The molecule has 0 fully saturated rings. The molecule has 0 radical (unpaired) electrons. The van der Waals surface area contributed by atoms with Gasteiger partial charge in [-0.15, -0.1) is 0 Å². The van der Waals surface area contributed by atoms with Gasteiger partial charge in [0.25, 0.3) is 0 Å². The molecule has 1 aromatic heterocycles. The van der Waals surface area contributed by atoms with Gasteiger partial charge in [0.15, 0.2) is 12.4 Å². The van der Waals surface area contributed by atoms with E-state index in [2.05, 4.69) is 16.0 Å². The Bertz CT molecular complexity index is 1100. The van der Waals surface area contributed by atoms with Crippen molar-refractivity contribution in [2.24, 2.45) is 0 Å². The minimum absolute atomic E-state index is 0.0325. The number of benzene rings is 2. The molecule has 5 rings (SSSR count). The third kappa shape index (κ3) is 2.74. The molecule has 0 saturated carbocycles. The van der Waals surface area contributed by atoms with Crippen molar-refractivity contribution >= 4 is 22.5 Å². The van der Waals surface area contributed by atoms with E-state index in [1.807, 2.05) is 30.3 Å². The zero-order valence-corrected chi connectivity index (χ0v) is 15.7. The quantitative estimate of drug-likeness (QED) is 0.713. The highest BCUT2D eigenvalue weighted by molar-refractivity contribution is 6.10. The second kappa shape index (κ2) is 6.91. The van der Waals surface area contributed by atoms with Crippen LogP contribution in [-0.2, 0) is 19.4 Å². The largest absolute Gasteiger partial charge is 0.485 e. The van der Waals surface area contributed by atoms with Crippen molar-refractivity contribution < 1.29 is 14.3 Å². The zero-order chi connectivity index (χ0) is 19.1. The number of rotatable bonds is 4. The maximum absolute atomic E-state index is 13.2. The third-order valence-electron chi connectivity index (χ3n) is 5.78. The molecule has 28 heavy (non-hydrogen) atoms. The maximum Gasteiger partial charge on any atom is 0.202 e. The summed E-state index contributed by atoms with van der Waals surface area (Å²) in [5.41, 5.74) is 4.61. The minimum Gasteiger partial charge on any atom is -0.485 e. The predicted molar refractivity (Wildman–Crippen MR) is 107 cm³/mol. The van der Waals surface area contributed by atoms with E-state index in [1.54, 1.807) is 6.07 Å². The highest BCUT2D eigenvalue weighted by Gasteiger charge is 2.26. The van der Waals surface area contributed by atoms with E-state index in [-0.39, 0.29) is 18.2 Å². The van der Waals surface area contributed by atoms with E-state index in [4.69, 9.17) is 4.74 Å². The van der Waals surface area contributed by atoms with Crippen LogP contribution in [0.15, 0.2) is 42.5 Å². The van der Waals surface area contributed by atoms with Crippen molar-refractivity contribution in [2.75, 3.05) is 19.7 Å². The number of para-hydroxylation sites is 1. The lowest BCUT2D eigenvalue weighted by Gasteiger charge is -2.11. The van der Waals surface area contributed by atoms with Gasteiger partial charge in [0.2, 0.25) is 5.78 Å². The molecule has 5 nitrogen and oxygen atoms in total. The van der Waals surface area contributed by atoms with Gasteiger partial charge in [-0.3, -0.25) is 9.59 Å². The van der Waals surface area contributed by atoms with Crippen LogP contribution in [0.3, 0.4) is 0 Å². The molecule has 0 spiro atoms. The first kappa shape index (κ1) is 17.2. The summed E-state index contributed by atoms with van der Waals surface area (Å²) in [6.07, 6.45) is 2.09. The number of hydrogen-bond donors (Lipinski definition) is 1. The first-order valence-corrected chi connectivity index (χ1v) is 9.86. The van der Waals surface area contributed by atoms with Gasteiger partial charge < -0.3 is 14.6 Å². The van der Waals surface area contributed by atoms with Crippen LogP contribution in [-0.4, -0.2) is 35.8 Å². The summed E-state index contributed by atoms with van der Waals surface area (Å²) in [5, 5.41) is 4.39. The molecule has 0 unspecified atom stereocenters. The van der Waals surface area contributed by atoms with E-state index in [0.717, 1.165) is 60.2 Å². The Morgan fingerprint density at radius 2 is 1.93 bits per heavy atom. The first-order chi connectivity index (χ1) is 13.7. The lowest BCUT2D eigenvalue weighted by molar-refractivity contribution is 0.0913. The van der Waals surface area contributed by atoms with Crippen molar-refractivity contribution in [1.82, 2.24) is 9.88 Å². The number of fused-ring (bicyclic) bond motifs is 4. The summed E-state index contributed by atoms with van der Waals surface area (Å²) < 4.78 is 8.14. The highest BCUT2D eigenvalue weighted by Crippen LogP contribution is 2.32. The van der Waals surface area contributed by atoms with E-state index >= 15 is 0 Å².